The molecule has 1 aliphatic heterocycles. The van der Waals surface area contributed by atoms with Gasteiger partial charge in [-0.3, -0.25) is 9.69 Å². The molecule has 0 saturated heterocycles. The Morgan fingerprint density at radius 1 is 1.40 bits per heavy atom. The number of carboxylic acids is 1. The fourth-order valence-corrected chi connectivity index (χ4v) is 2.75. The lowest BCUT2D eigenvalue weighted by molar-refractivity contribution is 0.0693. The Balaban J connectivity index is 2.51. The predicted molar refractivity (Wildman–Crippen MR) is 77.2 cm³/mol. The van der Waals surface area contributed by atoms with E-state index in [1.165, 1.54) is 0 Å². The Kier molecular flexibility index (Phi) is 4.60. The molecule has 0 bridgehead atoms. The van der Waals surface area contributed by atoms with Crippen LogP contribution in [0.25, 0.3) is 0 Å². The third-order valence-electron chi connectivity index (χ3n) is 3.96. The van der Waals surface area contributed by atoms with E-state index in [4.69, 9.17) is 0 Å². The maximum atomic E-state index is 12.3. The van der Waals surface area contributed by atoms with Gasteiger partial charge in [-0.15, -0.1) is 0 Å². The van der Waals surface area contributed by atoms with Gasteiger partial charge in [-0.1, -0.05) is 20.3 Å². The van der Waals surface area contributed by atoms with Crippen molar-refractivity contribution in [3.05, 3.63) is 33.2 Å². The van der Waals surface area contributed by atoms with Gasteiger partial charge in [-0.25, -0.2) is 4.79 Å². The van der Waals surface area contributed by atoms with Gasteiger partial charge < -0.3 is 9.67 Å². The number of hydrogen-bond acceptors (Lipinski definition) is 3. The summed E-state index contributed by atoms with van der Waals surface area (Å²) in [6, 6.07) is 1.57. The highest BCUT2D eigenvalue weighted by molar-refractivity contribution is 5.87. The summed E-state index contributed by atoms with van der Waals surface area (Å²) in [5.41, 5.74) is 1.57. The Hall–Kier alpha value is -1.62. The average Bonchev–Trinajstić information content (AvgIpc) is 2.45. The molecule has 2 heterocycles. The van der Waals surface area contributed by atoms with E-state index in [9.17, 15) is 14.7 Å². The van der Waals surface area contributed by atoms with Gasteiger partial charge in [0.25, 0.3) is 5.56 Å². The maximum Gasteiger partial charge on any atom is 0.341 e. The number of hydrogen-bond donors (Lipinski definition) is 1. The van der Waals surface area contributed by atoms with E-state index in [1.807, 2.05) is 0 Å². The summed E-state index contributed by atoms with van der Waals surface area (Å²) in [7, 11) is 0. The minimum absolute atomic E-state index is 0.0993. The molecule has 0 saturated carbocycles. The Bertz CT molecular complexity index is 563. The standard InChI is InChI=1S/C15H22N2O3/c1-3-5-7-17-13-6-8-16(4-2)10-11(13)9-12(14(17)18)15(19)20/h9H,3-8,10H2,1-2H3,(H,19,20). The number of carboxylic acid groups (broad SMARTS) is 1. The molecule has 20 heavy (non-hydrogen) atoms. The normalized spacial score (nSPS) is 15.1. The number of pyridine rings is 1. The number of nitrogens with zero attached hydrogens (tertiary/aromatic N) is 2. The van der Waals surface area contributed by atoms with E-state index >= 15 is 0 Å². The number of aromatic carboxylic acids is 1. The SMILES string of the molecule is CCCCn1c2c(cc(C(=O)O)c1=O)CN(CC)CC2. The number of likely N-dealkylation sites (N-methyl/N-ethyl adjacent to an activating group) is 1. The van der Waals surface area contributed by atoms with Gasteiger partial charge in [0, 0.05) is 31.7 Å². The first-order chi connectivity index (χ1) is 9.58. The van der Waals surface area contributed by atoms with Crippen molar-refractivity contribution >= 4 is 5.97 Å². The third-order valence-corrected chi connectivity index (χ3v) is 3.96. The van der Waals surface area contributed by atoms with E-state index in [2.05, 4.69) is 18.7 Å². The highest BCUT2D eigenvalue weighted by Gasteiger charge is 2.23. The fraction of sp³-hybridized carbons (Fsp3) is 0.600. The molecule has 2 rings (SSSR count). The van der Waals surface area contributed by atoms with Crippen molar-refractivity contribution in [2.24, 2.45) is 0 Å². The Labute approximate surface area is 118 Å². The molecule has 0 unspecified atom stereocenters. The average molecular weight is 278 g/mol. The molecule has 1 N–H and O–H groups in total. The number of fused-ring (bicyclic) bond motifs is 1. The van der Waals surface area contributed by atoms with Crippen LogP contribution >= 0.6 is 0 Å². The van der Waals surface area contributed by atoms with Crippen molar-refractivity contribution < 1.29 is 9.90 Å². The summed E-state index contributed by atoms with van der Waals surface area (Å²) < 4.78 is 1.69. The lowest BCUT2D eigenvalue weighted by Crippen LogP contribution is -2.37. The van der Waals surface area contributed by atoms with Crippen LogP contribution < -0.4 is 5.56 Å². The van der Waals surface area contributed by atoms with Gasteiger partial charge in [0.05, 0.1) is 0 Å². The van der Waals surface area contributed by atoms with E-state index < -0.39 is 5.97 Å². The summed E-state index contributed by atoms with van der Waals surface area (Å²) in [5.74, 6) is -1.13. The number of carbonyl (C=O) groups is 1. The van der Waals surface area contributed by atoms with Crippen molar-refractivity contribution in [2.75, 3.05) is 13.1 Å². The maximum absolute atomic E-state index is 12.3. The first-order valence-electron chi connectivity index (χ1n) is 7.29. The highest BCUT2D eigenvalue weighted by Crippen LogP contribution is 2.19. The molecule has 0 atom stereocenters. The number of unbranched alkanes of at least 4 members (excludes halogenated alkanes) is 1. The zero-order chi connectivity index (χ0) is 14.7. The minimum Gasteiger partial charge on any atom is -0.477 e. The van der Waals surface area contributed by atoms with Crippen molar-refractivity contribution in [3.8, 4) is 0 Å². The van der Waals surface area contributed by atoms with Crippen LogP contribution in [0.4, 0.5) is 0 Å². The van der Waals surface area contributed by atoms with Crippen LogP contribution in [0.5, 0.6) is 0 Å². The van der Waals surface area contributed by atoms with Crippen molar-refractivity contribution in [3.63, 3.8) is 0 Å². The zero-order valence-electron chi connectivity index (χ0n) is 12.2. The monoisotopic (exact) mass is 278 g/mol. The molecular formula is C15H22N2O3. The quantitative estimate of drug-likeness (QED) is 0.891. The summed E-state index contributed by atoms with van der Waals surface area (Å²) in [6.07, 6.45) is 2.70. The molecule has 0 amide bonds. The minimum atomic E-state index is -1.13. The molecule has 0 radical (unpaired) electrons. The second-order valence-electron chi connectivity index (χ2n) is 5.26. The molecule has 110 valence electrons. The smallest absolute Gasteiger partial charge is 0.341 e. The lowest BCUT2D eigenvalue weighted by atomic mass is 10.0. The summed E-state index contributed by atoms with van der Waals surface area (Å²) in [6.45, 7) is 7.38. The summed E-state index contributed by atoms with van der Waals surface area (Å²) in [4.78, 5) is 25.8. The molecular weight excluding hydrogens is 256 g/mol. The van der Waals surface area contributed by atoms with Crippen LogP contribution in [-0.4, -0.2) is 33.6 Å². The predicted octanol–water partition coefficient (Wildman–Crippen LogP) is 1.72. The van der Waals surface area contributed by atoms with Crippen molar-refractivity contribution in [1.82, 2.24) is 9.47 Å². The lowest BCUT2D eigenvalue weighted by Gasteiger charge is -2.29. The van der Waals surface area contributed by atoms with Gasteiger partial charge in [-0.2, -0.15) is 0 Å². The first kappa shape index (κ1) is 14.8. The highest BCUT2D eigenvalue weighted by atomic mass is 16.4. The van der Waals surface area contributed by atoms with E-state index in [0.717, 1.165) is 50.2 Å². The first-order valence-corrected chi connectivity index (χ1v) is 7.29. The van der Waals surface area contributed by atoms with Crippen LogP contribution in [0.15, 0.2) is 10.9 Å². The van der Waals surface area contributed by atoms with Crippen LogP contribution in [0.2, 0.25) is 0 Å². The zero-order valence-corrected chi connectivity index (χ0v) is 12.2. The van der Waals surface area contributed by atoms with Crippen LogP contribution in [0.1, 0.15) is 48.3 Å². The Morgan fingerprint density at radius 2 is 2.15 bits per heavy atom. The van der Waals surface area contributed by atoms with Gasteiger partial charge in [0.2, 0.25) is 0 Å². The third kappa shape index (κ3) is 2.77. The molecule has 5 nitrogen and oxygen atoms in total. The summed E-state index contributed by atoms with van der Waals surface area (Å²) in [5, 5.41) is 9.21. The molecule has 1 aromatic rings. The summed E-state index contributed by atoms with van der Waals surface area (Å²) >= 11 is 0. The van der Waals surface area contributed by atoms with E-state index in [-0.39, 0.29) is 11.1 Å². The van der Waals surface area contributed by atoms with Gasteiger partial charge in [-0.05, 0) is 24.6 Å². The van der Waals surface area contributed by atoms with Gasteiger partial charge in [0.15, 0.2) is 0 Å². The van der Waals surface area contributed by atoms with Crippen molar-refractivity contribution in [1.29, 1.82) is 0 Å². The molecule has 0 spiro atoms. The van der Waals surface area contributed by atoms with Crippen LogP contribution in [0, 0.1) is 0 Å². The van der Waals surface area contributed by atoms with E-state index in [1.54, 1.807) is 10.6 Å². The van der Waals surface area contributed by atoms with Crippen LogP contribution in [0.3, 0.4) is 0 Å². The molecule has 0 aromatic carbocycles. The topological polar surface area (TPSA) is 62.5 Å². The number of rotatable bonds is 5. The second kappa shape index (κ2) is 6.22. The largest absolute Gasteiger partial charge is 0.477 e. The fourth-order valence-electron chi connectivity index (χ4n) is 2.75. The molecule has 0 fully saturated rings. The van der Waals surface area contributed by atoms with Gasteiger partial charge in [0.1, 0.15) is 5.56 Å². The molecule has 1 aliphatic rings. The van der Waals surface area contributed by atoms with Gasteiger partial charge >= 0.3 is 5.97 Å². The second-order valence-corrected chi connectivity index (χ2v) is 5.26. The molecule has 1 aromatic heterocycles. The molecule has 0 aliphatic carbocycles. The van der Waals surface area contributed by atoms with Crippen LogP contribution in [-0.2, 0) is 19.5 Å². The van der Waals surface area contributed by atoms with Crippen molar-refractivity contribution in [2.45, 2.75) is 46.2 Å². The molecule has 5 heteroatoms. The Morgan fingerprint density at radius 3 is 2.75 bits per heavy atom. The van der Waals surface area contributed by atoms with E-state index in [0.29, 0.717) is 6.54 Å². The number of aromatic nitrogens is 1.